The zero-order chi connectivity index (χ0) is 16.2. The molecule has 4 nitrogen and oxygen atoms in total. The number of rotatable bonds is 4. The number of benzene rings is 1. The summed E-state index contributed by atoms with van der Waals surface area (Å²) in [6.07, 6.45) is 5.15. The van der Waals surface area contributed by atoms with E-state index in [2.05, 4.69) is 36.1 Å². The number of carbonyl (C=O) groups is 1. The van der Waals surface area contributed by atoms with E-state index in [-0.39, 0.29) is 28.9 Å². The maximum Gasteiger partial charge on any atom is 0.271 e. The smallest absolute Gasteiger partial charge is 0.271 e. The number of nitrogens with one attached hydrogen (secondary N) is 1. The van der Waals surface area contributed by atoms with Crippen LogP contribution in [0.1, 0.15) is 49.3 Å². The summed E-state index contributed by atoms with van der Waals surface area (Å²) in [5.74, 6) is -0.579. The summed E-state index contributed by atoms with van der Waals surface area (Å²) in [5, 5.41) is 2.96. The normalized spacial score (nSPS) is 12.7. The maximum atomic E-state index is 13.1. The highest BCUT2D eigenvalue weighted by Crippen LogP contribution is 2.29. The summed E-state index contributed by atoms with van der Waals surface area (Å²) in [6.45, 7) is 6.29. The minimum absolute atomic E-state index is 0.00863. The molecule has 0 aliphatic carbocycles. The lowest BCUT2D eigenvalue weighted by Gasteiger charge is -2.27. The second-order valence-corrected chi connectivity index (χ2v) is 6.43. The topological polar surface area (TPSA) is 54.9 Å². The number of hydrogen-bond donors (Lipinski definition) is 1. The van der Waals surface area contributed by atoms with E-state index in [0.29, 0.717) is 0 Å². The molecule has 0 bridgehead atoms. The number of amides is 1. The van der Waals surface area contributed by atoms with Gasteiger partial charge >= 0.3 is 0 Å². The first-order chi connectivity index (χ1) is 10.3. The molecule has 1 N–H and O–H groups in total. The first-order valence-electron chi connectivity index (χ1n) is 7.17. The van der Waals surface area contributed by atoms with Gasteiger partial charge < -0.3 is 5.32 Å². The summed E-state index contributed by atoms with van der Waals surface area (Å²) in [5.41, 5.74) is 1.14. The Morgan fingerprint density at radius 1 is 1.23 bits per heavy atom. The summed E-state index contributed by atoms with van der Waals surface area (Å²) >= 11 is 0. The Hall–Kier alpha value is -2.30. The number of nitrogens with zero attached hydrogens (tertiary/aromatic N) is 2. The van der Waals surface area contributed by atoms with Crippen LogP contribution in [-0.4, -0.2) is 15.9 Å². The highest BCUT2D eigenvalue weighted by molar-refractivity contribution is 5.92. The van der Waals surface area contributed by atoms with Gasteiger partial charge in [0.2, 0.25) is 0 Å². The number of aromatic nitrogens is 2. The number of carbonyl (C=O) groups excluding carboxylic acids is 1. The molecule has 0 aliphatic heterocycles. The van der Waals surface area contributed by atoms with Crippen LogP contribution in [-0.2, 0) is 0 Å². The molecule has 0 saturated carbocycles. The van der Waals surface area contributed by atoms with Gasteiger partial charge in [-0.2, -0.15) is 0 Å². The zero-order valence-electron chi connectivity index (χ0n) is 13.0. The summed E-state index contributed by atoms with van der Waals surface area (Å²) in [7, 11) is 0. The average Bonchev–Trinajstić information content (AvgIpc) is 2.47. The first-order valence-corrected chi connectivity index (χ1v) is 7.17. The van der Waals surface area contributed by atoms with Gasteiger partial charge in [-0.05, 0) is 29.5 Å². The predicted molar refractivity (Wildman–Crippen MR) is 82.7 cm³/mol. The second-order valence-electron chi connectivity index (χ2n) is 6.43. The minimum Gasteiger partial charge on any atom is -0.344 e. The average molecular weight is 301 g/mol. The quantitative estimate of drug-likeness (QED) is 0.940. The highest BCUT2D eigenvalue weighted by Gasteiger charge is 2.23. The van der Waals surface area contributed by atoms with Gasteiger partial charge in [-0.1, -0.05) is 32.9 Å². The molecule has 1 aromatic carbocycles. The molecule has 1 aromatic heterocycles. The Bertz CT molecular complexity index is 621. The molecule has 1 unspecified atom stereocenters. The molecule has 0 radical (unpaired) electrons. The van der Waals surface area contributed by atoms with Crippen LogP contribution in [0.25, 0.3) is 0 Å². The van der Waals surface area contributed by atoms with Crippen LogP contribution in [0.15, 0.2) is 42.9 Å². The van der Waals surface area contributed by atoms with E-state index in [0.717, 1.165) is 12.0 Å². The van der Waals surface area contributed by atoms with Crippen LogP contribution in [0.3, 0.4) is 0 Å². The zero-order valence-corrected chi connectivity index (χ0v) is 13.0. The Kier molecular flexibility index (Phi) is 4.85. The molecule has 1 atom stereocenters. The van der Waals surface area contributed by atoms with E-state index in [1.165, 1.54) is 30.7 Å². The second kappa shape index (κ2) is 6.64. The standard InChI is InChI=1S/C17H20FN3O/c1-17(2,3)10-14(12-4-6-13(18)7-5-12)21-16(22)15-11-19-8-9-20-15/h4-9,11,14H,10H2,1-3H3,(H,21,22). The van der Waals surface area contributed by atoms with Gasteiger partial charge in [-0.15, -0.1) is 0 Å². The van der Waals surface area contributed by atoms with Crippen molar-refractivity contribution in [2.24, 2.45) is 5.41 Å². The molecule has 1 heterocycles. The highest BCUT2D eigenvalue weighted by atomic mass is 19.1. The van der Waals surface area contributed by atoms with Crippen LogP contribution < -0.4 is 5.32 Å². The van der Waals surface area contributed by atoms with Crippen LogP contribution in [0.2, 0.25) is 0 Å². The summed E-state index contributed by atoms with van der Waals surface area (Å²) in [4.78, 5) is 20.2. The molecule has 22 heavy (non-hydrogen) atoms. The van der Waals surface area contributed by atoms with Crippen molar-refractivity contribution < 1.29 is 9.18 Å². The molecule has 2 rings (SSSR count). The SMILES string of the molecule is CC(C)(C)CC(NC(=O)c1cnccn1)c1ccc(F)cc1. The lowest BCUT2D eigenvalue weighted by atomic mass is 9.85. The lowest BCUT2D eigenvalue weighted by Crippen LogP contribution is -2.31. The van der Waals surface area contributed by atoms with Crippen LogP contribution >= 0.6 is 0 Å². The Balaban J connectivity index is 2.21. The van der Waals surface area contributed by atoms with Crippen LogP contribution in [0.5, 0.6) is 0 Å². The van der Waals surface area contributed by atoms with Crippen LogP contribution in [0.4, 0.5) is 4.39 Å². The molecule has 1 amide bonds. The van der Waals surface area contributed by atoms with Crippen molar-refractivity contribution in [2.45, 2.75) is 33.2 Å². The van der Waals surface area contributed by atoms with Gasteiger partial charge in [-0.3, -0.25) is 9.78 Å². The van der Waals surface area contributed by atoms with E-state index >= 15 is 0 Å². The van der Waals surface area contributed by atoms with Crippen molar-refractivity contribution in [2.75, 3.05) is 0 Å². The maximum absolute atomic E-state index is 13.1. The molecular weight excluding hydrogens is 281 g/mol. The molecule has 2 aromatic rings. The van der Waals surface area contributed by atoms with Crippen molar-refractivity contribution in [3.05, 3.63) is 59.9 Å². The van der Waals surface area contributed by atoms with Gasteiger partial charge in [-0.25, -0.2) is 9.37 Å². The fraction of sp³-hybridized carbons (Fsp3) is 0.353. The minimum atomic E-state index is -0.293. The third-order valence-corrected chi connectivity index (χ3v) is 3.19. The Labute approximate surface area is 129 Å². The molecule has 0 fully saturated rings. The van der Waals surface area contributed by atoms with Gasteiger partial charge in [0.1, 0.15) is 11.5 Å². The summed E-state index contributed by atoms with van der Waals surface area (Å²) < 4.78 is 13.1. The van der Waals surface area contributed by atoms with Crippen molar-refractivity contribution >= 4 is 5.91 Å². The van der Waals surface area contributed by atoms with E-state index in [1.54, 1.807) is 12.1 Å². The van der Waals surface area contributed by atoms with Gasteiger partial charge in [0.15, 0.2) is 0 Å². The van der Waals surface area contributed by atoms with E-state index in [1.807, 2.05) is 0 Å². The molecule has 0 spiro atoms. The van der Waals surface area contributed by atoms with Crippen molar-refractivity contribution in [3.63, 3.8) is 0 Å². The monoisotopic (exact) mass is 301 g/mol. The molecule has 5 heteroatoms. The fourth-order valence-corrected chi connectivity index (χ4v) is 2.21. The van der Waals surface area contributed by atoms with Gasteiger partial charge in [0.05, 0.1) is 12.2 Å². The number of hydrogen-bond acceptors (Lipinski definition) is 3. The van der Waals surface area contributed by atoms with E-state index in [4.69, 9.17) is 0 Å². The Morgan fingerprint density at radius 3 is 2.45 bits per heavy atom. The number of halogens is 1. The molecule has 0 saturated heterocycles. The van der Waals surface area contributed by atoms with Gasteiger partial charge in [0, 0.05) is 12.4 Å². The van der Waals surface area contributed by atoms with E-state index < -0.39 is 0 Å². The van der Waals surface area contributed by atoms with Crippen molar-refractivity contribution in [1.82, 2.24) is 15.3 Å². The third kappa shape index (κ3) is 4.62. The molecule has 0 aliphatic rings. The summed E-state index contributed by atoms with van der Waals surface area (Å²) in [6, 6.07) is 5.99. The lowest BCUT2D eigenvalue weighted by molar-refractivity contribution is 0.0921. The van der Waals surface area contributed by atoms with E-state index in [9.17, 15) is 9.18 Å². The Morgan fingerprint density at radius 2 is 1.91 bits per heavy atom. The predicted octanol–water partition coefficient (Wildman–Crippen LogP) is 3.52. The van der Waals surface area contributed by atoms with Crippen molar-refractivity contribution in [1.29, 1.82) is 0 Å². The largest absolute Gasteiger partial charge is 0.344 e. The van der Waals surface area contributed by atoms with Gasteiger partial charge in [0.25, 0.3) is 5.91 Å². The van der Waals surface area contributed by atoms with Crippen molar-refractivity contribution in [3.8, 4) is 0 Å². The third-order valence-electron chi connectivity index (χ3n) is 3.19. The first kappa shape index (κ1) is 16.1. The fourth-order valence-electron chi connectivity index (χ4n) is 2.21. The molecular formula is C17H20FN3O. The van der Waals surface area contributed by atoms with Crippen LogP contribution in [0, 0.1) is 11.2 Å². The molecule has 116 valence electrons.